The van der Waals surface area contributed by atoms with Gasteiger partial charge in [-0.3, -0.25) is 4.79 Å². The van der Waals surface area contributed by atoms with E-state index in [-0.39, 0.29) is 5.91 Å². The van der Waals surface area contributed by atoms with Crippen molar-refractivity contribution in [3.63, 3.8) is 0 Å². The normalized spacial score (nSPS) is 14.0. The van der Waals surface area contributed by atoms with Crippen molar-refractivity contribution in [2.75, 3.05) is 13.1 Å². The van der Waals surface area contributed by atoms with Crippen LogP contribution >= 0.6 is 0 Å². The van der Waals surface area contributed by atoms with Crippen LogP contribution in [-0.2, 0) is 13.0 Å². The van der Waals surface area contributed by atoms with Crippen molar-refractivity contribution in [1.29, 1.82) is 0 Å². The maximum atomic E-state index is 11.7. The van der Waals surface area contributed by atoms with Crippen LogP contribution in [0.4, 0.5) is 0 Å². The van der Waals surface area contributed by atoms with Crippen molar-refractivity contribution in [3.8, 4) is 0 Å². The van der Waals surface area contributed by atoms with Gasteiger partial charge in [0.1, 0.15) is 0 Å². The largest absolute Gasteiger partial charge is 0.349 e. The lowest BCUT2D eigenvalue weighted by molar-refractivity contribution is 0.0958. The van der Waals surface area contributed by atoms with Crippen molar-refractivity contribution in [2.24, 2.45) is 0 Å². The Morgan fingerprint density at radius 2 is 2.38 bits per heavy atom. The molecule has 1 aliphatic rings. The van der Waals surface area contributed by atoms with Gasteiger partial charge in [0.05, 0.1) is 0 Å². The number of hydrogen-bond donors (Lipinski definition) is 2. The number of carbonyl (C=O) groups is 1. The van der Waals surface area contributed by atoms with Crippen LogP contribution in [0.2, 0.25) is 0 Å². The summed E-state index contributed by atoms with van der Waals surface area (Å²) in [7, 11) is 0. The molecule has 0 aromatic heterocycles. The van der Waals surface area contributed by atoms with Crippen molar-refractivity contribution in [1.82, 2.24) is 10.6 Å². The summed E-state index contributed by atoms with van der Waals surface area (Å²) in [6.45, 7) is 5.98. The summed E-state index contributed by atoms with van der Waals surface area (Å²) in [5.74, 6) is -0.0266. The van der Waals surface area contributed by atoms with Gasteiger partial charge in [-0.2, -0.15) is 0 Å². The Kier molecular flexibility index (Phi) is 3.37. The summed E-state index contributed by atoms with van der Waals surface area (Å²) in [4.78, 5) is 11.7. The van der Waals surface area contributed by atoms with Gasteiger partial charge in [-0.05, 0) is 36.2 Å². The van der Waals surface area contributed by atoms with Gasteiger partial charge in [0, 0.05) is 18.7 Å². The monoisotopic (exact) mass is 216 g/mol. The average Bonchev–Trinajstić information content (AvgIpc) is 2.35. The van der Waals surface area contributed by atoms with Crippen LogP contribution in [0.15, 0.2) is 30.9 Å². The maximum Gasteiger partial charge on any atom is 0.251 e. The van der Waals surface area contributed by atoms with Crippen LogP contribution in [0.25, 0.3) is 0 Å². The smallest absolute Gasteiger partial charge is 0.251 e. The Morgan fingerprint density at radius 3 is 3.19 bits per heavy atom. The molecule has 1 aromatic rings. The molecule has 1 amide bonds. The summed E-state index contributed by atoms with van der Waals surface area (Å²) in [6.07, 6.45) is 2.68. The fourth-order valence-corrected chi connectivity index (χ4v) is 1.89. The van der Waals surface area contributed by atoms with Gasteiger partial charge in [0.2, 0.25) is 0 Å². The molecule has 0 saturated carbocycles. The molecule has 1 aliphatic heterocycles. The predicted molar refractivity (Wildman–Crippen MR) is 64.4 cm³/mol. The molecule has 0 saturated heterocycles. The fourth-order valence-electron chi connectivity index (χ4n) is 1.89. The Balaban J connectivity index is 2.16. The Morgan fingerprint density at radius 1 is 1.50 bits per heavy atom. The van der Waals surface area contributed by atoms with E-state index in [9.17, 15) is 4.79 Å². The first-order valence-electron chi connectivity index (χ1n) is 5.53. The molecular formula is C13H16N2O. The van der Waals surface area contributed by atoms with Crippen molar-refractivity contribution < 1.29 is 4.79 Å². The zero-order valence-electron chi connectivity index (χ0n) is 9.25. The van der Waals surface area contributed by atoms with Crippen molar-refractivity contribution >= 4 is 5.91 Å². The quantitative estimate of drug-likeness (QED) is 0.747. The second-order valence-corrected chi connectivity index (χ2v) is 3.91. The summed E-state index contributed by atoms with van der Waals surface area (Å²) in [6, 6.07) is 5.91. The summed E-state index contributed by atoms with van der Waals surface area (Å²) in [5.41, 5.74) is 3.32. The number of hydrogen-bond acceptors (Lipinski definition) is 2. The maximum absolute atomic E-state index is 11.7. The highest BCUT2D eigenvalue weighted by Crippen LogP contribution is 2.15. The van der Waals surface area contributed by atoms with Crippen molar-refractivity contribution in [3.05, 3.63) is 47.5 Å². The van der Waals surface area contributed by atoms with Gasteiger partial charge in [-0.15, -0.1) is 6.58 Å². The molecule has 1 heterocycles. The van der Waals surface area contributed by atoms with E-state index < -0.39 is 0 Å². The molecule has 0 bridgehead atoms. The third-order valence-electron chi connectivity index (χ3n) is 2.76. The summed E-state index contributed by atoms with van der Waals surface area (Å²) in [5, 5.41) is 6.09. The van der Waals surface area contributed by atoms with E-state index in [1.807, 2.05) is 18.2 Å². The zero-order valence-corrected chi connectivity index (χ0v) is 9.25. The van der Waals surface area contributed by atoms with E-state index in [4.69, 9.17) is 0 Å². The number of rotatable bonds is 3. The first-order chi connectivity index (χ1) is 7.81. The fraction of sp³-hybridized carbons (Fsp3) is 0.308. The van der Waals surface area contributed by atoms with Crippen LogP contribution in [0, 0.1) is 0 Å². The molecule has 3 nitrogen and oxygen atoms in total. The van der Waals surface area contributed by atoms with Gasteiger partial charge < -0.3 is 10.6 Å². The molecule has 2 N–H and O–H groups in total. The van der Waals surface area contributed by atoms with Gasteiger partial charge in [0.25, 0.3) is 5.91 Å². The molecule has 0 spiro atoms. The standard InChI is InChI=1S/C13H16N2O/c1-2-6-15-13(16)11-3-4-12-9-14-7-5-10(12)8-11/h2-4,8,14H,1,5-7,9H2,(H,15,16). The molecule has 3 heteroatoms. The molecule has 0 fully saturated rings. The van der Waals surface area contributed by atoms with Crippen LogP contribution in [-0.4, -0.2) is 19.0 Å². The van der Waals surface area contributed by atoms with Gasteiger partial charge >= 0.3 is 0 Å². The Labute approximate surface area is 95.6 Å². The second kappa shape index (κ2) is 4.94. The van der Waals surface area contributed by atoms with E-state index in [1.165, 1.54) is 11.1 Å². The van der Waals surface area contributed by atoms with Crippen LogP contribution in [0.1, 0.15) is 21.5 Å². The van der Waals surface area contributed by atoms with Gasteiger partial charge in [-0.25, -0.2) is 0 Å². The predicted octanol–water partition coefficient (Wildman–Crippen LogP) is 1.25. The summed E-state index contributed by atoms with van der Waals surface area (Å²) >= 11 is 0. The highest BCUT2D eigenvalue weighted by atomic mass is 16.1. The minimum absolute atomic E-state index is 0.0266. The molecule has 0 atom stereocenters. The van der Waals surface area contributed by atoms with Crippen LogP contribution < -0.4 is 10.6 Å². The third kappa shape index (κ3) is 2.31. The number of fused-ring (bicyclic) bond motifs is 1. The minimum atomic E-state index is -0.0266. The molecule has 84 valence electrons. The SMILES string of the molecule is C=CCNC(=O)c1ccc2c(c1)CCNC2. The number of amides is 1. The van der Waals surface area contributed by atoms with E-state index in [1.54, 1.807) is 6.08 Å². The van der Waals surface area contributed by atoms with Crippen LogP contribution in [0.3, 0.4) is 0 Å². The first-order valence-corrected chi connectivity index (χ1v) is 5.53. The minimum Gasteiger partial charge on any atom is -0.349 e. The highest BCUT2D eigenvalue weighted by Gasteiger charge is 2.11. The lowest BCUT2D eigenvalue weighted by Crippen LogP contribution is -2.26. The Bertz CT molecular complexity index is 412. The van der Waals surface area contributed by atoms with Crippen LogP contribution in [0.5, 0.6) is 0 Å². The summed E-state index contributed by atoms with van der Waals surface area (Å²) < 4.78 is 0. The molecule has 0 aliphatic carbocycles. The van der Waals surface area contributed by atoms with Gasteiger partial charge in [0.15, 0.2) is 0 Å². The van der Waals surface area contributed by atoms with Gasteiger partial charge in [-0.1, -0.05) is 12.1 Å². The molecule has 0 unspecified atom stereocenters. The van der Waals surface area contributed by atoms with E-state index in [2.05, 4.69) is 17.2 Å². The van der Waals surface area contributed by atoms with E-state index >= 15 is 0 Å². The zero-order chi connectivity index (χ0) is 11.4. The first kappa shape index (κ1) is 10.9. The molecule has 1 aromatic carbocycles. The molecular weight excluding hydrogens is 200 g/mol. The lowest BCUT2D eigenvalue weighted by atomic mass is 9.98. The molecule has 16 heavy (non-hydrogen) atoms. The van der Waals surface area contributed by atoms with Crippen molar-refractivity contribution in [2.45, 2.75) is 13.0 Å². The topological polar surface area (TPSA) is 41.1 Å². The van der Waals surface area contributed by atoms with E-state index in [0.29, 0.717) is 6.54 Å². The molecule has 2 rings (SSSR count). The number of nitrogens with one attached hydrogen (secondary N) is 2. The van der Waals surface area contributed by atoms with E-state index in [0.717, 1.165) is 25.1 Å². The lowest BCUT2D eigenvalue weighted by Gasteiger charge is -2.17. The second-order valence-electron chi connectivity index (χ2n) is 3.91. The molecule has 0 radical (unpaired) electrons. The third-order valence-corrected chi connectivity index (χ3v) is 2.76. The Hall–Kier alpha value is -1.61. The number of carbonyl (C=O) groups excluding carboxylic acids is 1. The average molecular weight is 216 g/mol. The number of benzene rings is 1. The highest BCUT2D eigenvalue weighted by molar-refractivity contribution is 5.94.